The van der Waals surface area contributed by atoms with Crippen LogP contribution in [0.2, 0.25) is 0 Å². The van der Waals surface area contributed by atoms with Gasteiger partial charge in [0.15, 0.2) is 0 Å². The van der Waals surface area contributed by atoms with Crippen molar-refractivity contribution in [2.75, 3.05) is 11.5 Å². The second-order valence-electron chi connectivity index (χ2n) is 8.92. The maximum atomic E-state index is 10.7. The zero-order valence-electron chi connectivity index (χ0n) is 23.1. The van der Waals surface area contributed by atoms with Crippen LogP contribution in [0.3, 0.4) is 0 Å². The normalized spacial score (nSPS) is 11.3. The summed E-state index contributed by atoms with van der Waals surface area (Å²) in [6.45, 7) is 4.48. The summed E-state index contributed by atoms with van der Waals surface area (Å²) in [5, 5.41) is 0. The summed E-state index contributed by atoms with van der Waals surface area (Å²) in [5.74, 6) is 1.33. The van der Waals surface area contributed by atoms with Crippen LogP contribution in [-0.4, -0.2) is 11.5 Å². The molecule has 12 heteroatoms. The van der Waals surface area contributed by atoms with Gasteiger partial charge in [-0.05, 0) is 24.3 Å². The summed E-state index contributed by atoms with van der Waals surface area (Å²) in [4.78, 5) is 42.8. The molecule has 36 heavy (non-hydrogen) atoms. The molecule has 0 aromatic rings. The van der Waals surface area contributed by atoms with Gasteiger partial charge in [-0.2, -0.15) is 34.2 Å². The smallest absolute Gasteiger partial charge is 0.825 e. The summed E-state index contributed by atoms with van der Waals surface area (Å²) in [6.07, 6.45) is 25.5. The molecule has 0 saturated carbocycles. The molecule has 0 aliphatic carbocycles. The van der Waals surface area contributed by atoms with E-state index in [2.05, 4.69) is 37.5 Å². The first-order chi connectivity index (χ1) is 16.1. The molecule has 0 atom stereocenters. The van der Waals surface area contributed by atoms with Gasteiger partial charge >= 0.3 is 39.0 Å². The summed E-state index contributed by atoms with van der Waals surface area (Å²) in [5.41, 5.74) is -6.99. The molecule has 0 spiro atoms. The molecule has 4 nitrogen and oxygen atoms in total. The molecule has 0 bridgehead atoms. The van der Waals surface area contributed by atoms with Gasteiger partial charge in [0.1, 0.15) is 0 Å². The Kier molecular flexibility index (Phi) is 43.9. The second kappa shape index (κ2) is 34.3. The van der Waals surface area contributed by atoms with E-state index in [0.717, 1.165) is 48.4 Å². The van der Waals surface area contributed by atoms with Crippen molar-refractivity contribution >= 4 is 57.8 Å². The number of hydrogen-bond acceptors (Lipinski definition) is 8. The zero-order chi connectivity index (χ0) is 26.0. The van der Waals surface area contributed by atoms with Crippen LogP contribution in [0.1, 0.15) is 142 Å². The standard InChI is InChI=1S/2C12H27O2PS2.2Zn/c2*1-2-3-4-5-6-7-8-9-10-11-12-17-15(13,14)16;;/h2*2-12H2,1H3,(H2,13,14,16);;/q;;2*+2/p-4. The van der Waals surface area contributed by atoms with Crippen molar-refractivity contribution < 1.29 is 58.5 Å². The predicted molar refractivity (Wildman–Crippen MR) is 157 cm³/mol. The molecule has 208 valence electrons. The maximum Gasteiger partial charge on any atom is 2.00 e. The van der Waals surface area contributed by atoms with Crippen molar-refractivity contribution in [2.45, 2.75) is 142 Å². The van der Waals surface area contributed by atoms with Gasteiger partial charge in [-0.1, -0.05) is 129 Å². The van der Waals surface area contributed by atoms with Crippen molar-refractivity contribution in [3.8, 4) is 0 Å². The number of hydrogen-bond donors (Lipinski definition) is 0. The quantitative estimate of drug-likeness (QED) is 0.0589. The van der Waals surface area contributed by atoms with E-state index in [9.17, 15) is 19.6 Å². The molecule has 0 radical (unpaired) electrons. The topological polar surface area (TPSA) is 92.2 Å². The van der Waals surface area contributed by atoms with Gasteiger partial charge in [-0.25, -0.2) is 0 Å². The first-order valence-corrected chi connectivity index (χ1v) is 21.9. The van der Waals surface area contributed by atoms with Crippen LogP contribution >= 0.6 is 34.2 Å². The Bertz CT molecular complexity index is 469. The van der Waals surface area contributed by atoms with Gasteiger partial charge in [-0.15, -0.1) is 23.6 Å². The molecule has 0 aliphatic rings. The fraction of sp³-hybridized carbons (Fsp3) is 1.00. The van der Waals surface area contributed by atoms with Crippen molar-refractivity contribution in [3.05, 3.63) is 0 Å². The van der Waals surface area contributed by atoms with Crippen LogP contribution in [-0.2, 0) is 62.6 Å². The van der Waals surface area contributed by atoms with Crippen LogP contribution < -0.4 is 19.6 Å². The second-order valence-corrected chi connectivity index (χ2v) is 20.8. The first kappa shape index (κ1) is 46.1. The third-order valence-electron chi connectivity index (χ3n) is 5.49. The Morgan fingerprint density at radius 3 is 0.806 bits per heavy atom. The van der Waals surface area contributed by atoms with E-state index in [0.29, 0.717) is 11.5 Å². The summed E-state index contributed by atoms with van der Waals surface area (Å²) in [6, 6.07) is 0. The molecule has 0 N–H and O–H groups in total. The van der Waals surface area contributed by atoms with E-state index in [-0.39, 0.29) is 39.0 Å². The zero-order valence-corrected chi connectivity index (χ0v) is 34.1. The molecule has 0 aromatic carbocycles. The Labute approximate surface area is 267 Å². The Morgan fingerprint density at radius 1 is 0.417 bits per heavy atom. The van der Waals surface area contributed by atoms with Gasteiger partial charge in [0.2, 0.25) is 0 Å². The molecule has 0 amide bonds. The van der Waals surface area contributed by atoms with E-state index in [4.69, 9.17) is 0 Å². The summed E-state index contributed by atoms with van der Waals surface area (Å²) >= 11 is 10.5. The van der Waals surface area contributed by atoms with Crippen LogP contribution in [0.4, 0.5) is 0 Å². The monoisotopic (exact) mass is 720 g/mol. The van der Waals surface area contributed by atoms with Crippen LogP contribution in [0.15, 0.2) is 0 Å². The van der Waals surface area contributed by atoms with Crippen molar-refractivity contribution in [1.29, 1.82) is 0 Å². The molecule has 0 saturated heterocycles. The fourth-order valence-corrected chi connectivity index (χ4v) is 8.10. The number of unbranched alkanes of at least 4 members (excludes halogenated alkanes) is 18. The van der Waals surface area contributed by atoms with E-state index in [1.165, 1.54) is 103 Å². The SMILES string of the molecule is CCCCCCCCCCCCSP([O-])([O-])=S.CCCCCCCCCCCCSP([O-])([O-])=S.[Zn+2].[Zn+2]. The summed E-state index contributed by atoms with van der Waals surface area (Å²) in [7, 11) is 0. The van der Waals surface area contributed by atoms with Crippen LogP contribution in [0.5, 0.6) is 0 Å². The third kappa shape index (κ3) is 50.0. The van der Waals surface area contributed by atoms with Crippen molar-refractivity contribution in [1.82, 2.24) is 0 Å². The van der Waals surface area contributed by atoms with Gasteiger partial charge in [0, 0.05) is 0 Å². The fourth-order valence-electron chi connectivity index (χ4n) is 3.53. The average Bonchev–Trinajstić information content (AvgIpc) is 2.75. The van der Waals surface area contributed by atoms with Gasteiger partial charge < -0.3 is 19.6 Å². The average molecular weight is 724 g/mol. The first-order valence-electron chi connectivity index (χ1n) is 13.5. The van der Waals surface area contributed by atoms with Gasteiger partial charge in [0.25, 0.3) is 0 Å². The Hall–Kier alpha value is 3.09. The minimum absolute atomic E-state index is 0. The van der Waals surface area contributed by atoms with E-state index < -0.39 is 11.4 Å². The van der Waals surface area contributed by atoms with Gasteiger partial charge in [-0.3, -0.25) is 0 Å². The van der Waals surface area contributed by atoms with E-state index in [1.807, 2.05) is 0 Å². The van der Waals surface area contributed by atoms with E-state index >= 15 is 0 Å². The minimum Gasteiger partial charge on any atom is -0.825 e. The molecule has 0 aromatic heterocycles. The Balaban J connectivity index is -0.000000269. The number of rotatable bonds is 24. The molecule has 0 unspecified atom stereocenters. The molecular formula is C24H50O4P2S4Zn2. The third-order valence-corrected chi connectivity index (χ3v) is 12.0. The van der Waals surface area contributed by atoms with E-state index in [1.54, 1.807) is 0 Å². The molecule has 0 heterocycles. The van der Waals surface area contributed by atoms with Crippen molar-refractivity contribution in [2.24, 2.45) is 0 Å². The van der Waals surface area contributed by atoms with Gasteiger partial charge in [0.05, 0.1) is 0 Å². The Morgan fingerprint density at radius 2 is 0.611 bits per heavy atom. The van der Waals surface area contributed by atoms with Crippen LogP contribution in [0.25, 0.3) is 0 Å². The molecule has 0 aliphatic heterocycles. The van der Waals surface area contributed by atoms with Crippen molar-refractivity contribution in [3.63, 3.8) is 0 Å². The molecule has 0 fully saturated rings. The molecule has 0 rings (SSSR count). The van der Waals surface area contributed by atoms with Crippen LogP contribution in [0, 0.1) is 0 Å². The summed E-state index contributed by atoms with van der Waals surface area (Å²) < 4.78 is 0. The predicted octanol–water partition coefficient (Wildman–Crippen LogP) is 7.17. The minimum atomic E-state index is -3.49. The largest absolute Gasteiger partial charge is 2.00 e. The molecular weight excluding hydrogens is 673 g/mol. The maximum absolute atomic E-state index is 10.7.